The van der Waals surface area contributed by atoms with Crippen LogP contribution in [0.2, 0.25) is 0 Å². The summed E-state index contributed by atoms with van der Waals surface area (Å²) < 4.78 is 0. The third-order valence-electron chi connectivity index (χ3n) is 1.44. The van der Waals surface area contributed by atoms with Crippen LogP contribution < -0.4 is 5.32 Å². The van der Waals surface area contributed by atoms with Crippen molar-refractivity contribution < 1.29 is 5.11 Å². The molecule has 0 saturated carbocycles. The second-order valence-corrected chi connectivity index (χ2v) is 3.22. The fourth-order valence-corrected chi connectivity index (χ4v) is 1.47. The van der Waals surface area contributed by atoms with Crippen LogP contribution in [-0.2, 0) is 0 Å². The van der Waals surface area contributed by atoms with E-state index in [1.54, 1.807) is 11.3 Å². The topological polar surface area (TPSA) is 45.1 Å². The molecule has 4 heteroatoms. The van der Waals surface area contributed by atoms with E-state index in [0.717, 1.165) is 0 Å². The van der Waals surface area contributed by atoms with E-state index in [0.29, 0.717) is 12.6 Å². The molecule has 1 unspecified atom stereocenters. The summed E-state index contributed by atoms with van der Waals surface area (Å²) in [5.74, 6) is 0. The Morgan fingerprint density at radius 1 is 1.82 bits per heavy atom. The molecule has 0 amide bonds. The van der Waals surface area contributed by atoms with Gasteiger partial charge in [0.2, 0.25) is 0 Å². The minimum absolute atomic E-state index is 0.184. The maximum absolute atomic E-state index is 8.54. The number of thiazole rings is 1. The highest BCUT2D eigenvalue weighted by Gasteiger charge is 2.04. The lowest BCUT2D eigenvalue weighted by molar-refractivity contribution is 0.286. The first kappa shape index (κ1) is 8.64. The van der Waals surface area contributed by atoms with Gasteiger partial charge in [0, 0.05) is 23.7 Å². The molecule has 1 aromatic rings. The van der Waals surface area contributed by atoms with E-state index >= 15 is 0 Å². The number of nitrogens with one attached hydrogen (secondary N) is 1. The van der Waals surface area contributed by atoms with Gasteiger partial charge in [-0.2, -0.15) is 0 Å². The van der Waals surface area contributed by atoms with Crippen LogP contribution in [-0.4, -0.2) is 23.2 Å². The van der Waals surface area contributed by atoms with Gasteiger partial charge < -0.3 is 10.4 Å². The monoisotopic (exact) mass is 172 g/mol. The highest BCUT2D eigenvalue weighted by molar-refractivity contribution is 7.09. The molecular weight excluding hydrogens is 160 g/mol. The number of aliphatic hydroxyl groups excluding tert-OH is 1. The summed E-state index contributed by atoms with van der Waals surface area (Å²) >= 11 is 1.63. The Morgan fingerprint density at radius 3 is 3.18 bits per heavy atom. The van der Waals surface area contributed by atoms with Gasteiger partial charge in [-0.3, -0.25) is 4.98 Å². The molecule has 1 atom stereocenters. The molecule has 2 N–H and O–H groups in total. The summed E-state index contributed by atoms with van der Waals surface area (Å²) in [5.41, 5.74) is 1.81. The smallest absolute Gasteiger partial charge is 0.0794 e. The molecule has 0 aliphatic carbocycles. The first-order valence-corrected chi connectivity index (χ1v) is 4.45. The average molecular weight is 172 g/mol. The molecule has 0 radical (unpaired) electrons. The summed E-state index contributed by atoms with van der Waals surface area (Å²) in [6.07, 6.45) is 1.85. The summed E-state index contributed by atoms with van der Waals surface area (Å²) in [6.45, 7) is 2.88. The quantitative estimate of drug-likeness (QED) is 0.705. The van der Waals surface area contributed by atoms with Crippen LogP contribution in [0, 0.1) is 0 Å². The number of aliphatic hydroxyl groups is 1. The zero-order valence-electron chi connectivity index (χ0n) is 6.45. The average Bonchev–Trinajstić information content (AvgIpc) is 2.52. The Balaban J connectivity index is 2.36. The van der Waals surface area contributed by atoms with Crippen LogP contribution in [0.5, 0.6) is 0 Å². The van der Waals surface area contributed by atoms with E-state index in [2.05, 4.69) is 17.2 Å². The van der Waals surface area contributed by atoms with E-state index in [-0.39, 0.29) is 6.61 Å². The largest absolute Gasteiger partial charge is 0.395 e. The van der Waals surface area contributed by atoms with E-state index in [9.17, 15) is 0 Å². The molecule has 1 aromatic heterocycles. The molecule has 0 bridgehead atoms. The molecule has 0 aromatic carbocycles. The zero-order valence-corrected chi connectivity index (χ0v) is 7.27. The first-order chi connectivity index (χ1) is 5.34. The molecule has 62 valence electrons. The predicted molar refractivity (Wildman–Crippen MR) is 45.6 cm³/mol. The number of rotatable bonds is 4. The van der Waals surface area contributed by atoms with Gasteiger partial charge in [-0.15, -0.1) is 11.3 Å². The van der Waals surface area contributed by atoms with Gasteiger partial charge in [0.05, 0.1) is 12.1 Å². The number of hydrogen-bond acceptors (Lipinski definition) is 4. The van der Waals surface area contributed by atoms with Crippen molar-refractivity contribution in [2.75, 3.05) is 13.2 Å². The number of aromatic nitrogens is 1. The van der Waals surface area contributed by atoms with Crippen LogP contribution in [0.1, 0.15) is 17.8 Å². The summed E-state index contributed by atoms with van der Waals surface area (Å²) in [4.78, 5) is 5.17. The maximum atomic E-state index is 8.54. The highest BCUT2D eigenvalue weighted by Crippen LogP contribution is 2.15. The van der Waals surface area contributed by atoms with Crippen LogP contribution in [0.3, 0.4) is 0 Å². The lowest BCUT2D eigenvalue weighted by Crippen LogP contribution is -2.21. The Bertz CT molecular complexity index is 188. The van der Waals surface area contributed by atoms with Crippen molar-refractivity contribution in [1.82, 2.24) is 10.3 Å². The third-order valence-corrected chi connectivity index (χ3v) is 2.40. The number of nitrogens with zero attached hydrogens (tertiary/aromatic N) is 1. The standard InChI is InChI=1S/C7H12N2OS/c1-6(9-2-3-10)7-4-8-5-11-7/h4-6,9-10H,2-3H2,1H3. The van der Waals surface area contributed by atoms with Crippen molar-refractivity contribution in [1.29, 1.82) is 0 Å². The Morgan fingerprint density at radius 2 is 2.64 bits per heavy atom. The van der Waals surface area contributed by atoms with Gasteiger partial charge in [-0.05, 0) is 6.92 Å². The van der Waals surface area contributed by atoms with Crippen molar-refractivity contribution in [3.05, 3.63) is 16.6 Å². The van der Waals surface area contributed by atoms with Crippen LogP contribution in [0.15, 0.2) is 11.7 Å². The van der Waals surface area contributed by atoms with Crippen molar-refractivity contribution in [2.24, 2.45) is 0 Å². The van der Waals surface area contributed by atoms with Gasteiger partial charge in [-0.25, -0.2) is 0 Å². The van der Waals surface area contributed by atoms with Crippen molar-refractivity contribution in [2.45, 2.75) is 13.0 Å². The third kappa shape index (κ3) is 2.57. The van der Waals surface area contributed by atoms with Gasteiger partial charge in [-0.1, -0.05) is 0 Å². The fraction of sp³-hybridized carbons (Fsp3) is 0.571. The molecule has 1 heterocycles. The lowest BCUT2D eigenvalue weighted by Gasteiger charge is -2.08. The molecule has 0 fully saturated rings. The zero-order chi connectivity index (χ0) is 8.10. The Hall–Kier alpha value is -0.450. The lowest BCUT2D eigenvalue weighted by atomic mass is 10.3. The Kier molecular flexibility index (Phi) is 3.48. The SMILES string of the molecule is CC(NCCO)c1cncs1. The molecular formula is C7H12N2OS. The molecule has 11 heavy (non-hydrogen) atoms. The summed E-state index contributed by atoms with van der Waals surface area (Å²) in [6, 6.07) is 0.301. The van der Waals surface area contributed by atoms with Gasteiger partial charge >= 0.3 is 0 Å². The molecule has 0 aliphatic rings. The van der Waals surface area contributed by atoms with Gasteiger partial charge in [0.25, 0.3) is 0 Å². The molecule has 0 saturated heterocycles. The van der Waals surface area contributed by atoms with Gasteiger partial charge in [0.15, 0.2) is 0 Å². The summed E-state index contributed by atoms with van der Waals surface area (Å²) in [7, 11) is 0. The van der Waals surface area contributed by atoms with E-state index < -0.39 is 0 Å². The van der Waals surface area contributed by atoms with Crippen LogP contribution in [0.4, 0.5) is 0 Å². The van der Waals surface area contributed by atoms with E-state index in [1.807, 2.05) is 11.7 Å². The summed E-state index contributed by atoms with van der Waals surface area (Å²) in [5, 5.41) is 11.7. The second-order valence-electron chi connectivity index (χ2n) is 2.30. The minimum atomic E-state index is 0.184. The molecule has 1 rings (SSSR count). The predicted octanol–water partition coefficient (Wildman–Crippen LogP) is 0.786. The van der Waals surface area contributed by atoms with Crippen molar-refractivity contribution in [3.63, 3.8) is 0 Å². The second kappa shape index (κ2) is 4.43. The minimum Gasteiger partial charge on any atom is -0.395 e. The Labute approximate surface area is 70.1 Å². The molecule has 0 spiro atoms. The van der Waals surface area contributed by atoms with Crippen molar-refractivity contribution in [3.8, 4) is 0 Å². The maximum Gasteiger partial charge on any atom is 0.0794 e. The first-order valence-electron chi connectivity index (χ1n) is 3.57. The van der Waals surface area contributed by atoms with Crippen molar-refractivity contribution >= 4 is 11.3 Å². The van der Waals surface area contributed by atoms with Crippen LogP contribution >= 0.6 is 11.3 Å². The molecule has 3 nitrogen and oxygen atoms in total. The van der Waals surface area contributed by atoms with Gasteiger partial charge in [0.1, 0.15) is 0 Å². The fourth-order valence-electron chi connectivity index (χ4n) is 0.821. The molecule has 0 aliphatic heterocycles. The van der Waals surface area contributed by atoms with E-state index in [1.165, 1.54) is 4.88 Å². The van der Waals surface area contributed by atoms with Crippen LogP contribution in [0.25, 0.3) is 0 Å². The van der Waals surface area contributed by atoms with E-state index in [4.69, 9.17) is 5.11 Å². The normalized spacial score (nSPS) is 13.3. The highest BCUT2D eigenvalue weighted by atomic mass is 32.1. The number of hydrogen-bond donors (Lipinski definition) is 2.